The number of aromatic nitrogens is 3. The second-order valence-corrected chi connectivity index (χ2v) is 8.78. The number of methoxy groups -OCH3 is 1. The highest BCUT2D eigenvalue weighted by Crippen LogP contribution is 2.26. The summed E-state index contributed by atoms with van der Waals surface area (Å²) in [6.45, 7) is 1.13. The molecule has 2 saturated heterocycles. The highest BCUT2D eigenvalue weighted by atomic mass is 35.5. The van der Waals surface area contributed by atoms with E-state index in [-0.39, 0.29) is 17.8 Å². The largest absolute Gasteiger partial charge is 0.453 e. The van der Waals surface area contributed by atoms with E-state index in [4.69, 9.17) is 21.3 Å². The van der Waals surface area contributed by atoms with Gasteiger partial charge in [-0.15, -0.1) is 0 Å². The number of carbonyl (C=O) groups excluding carboxylic acids is 3. The van der Waals surface area contributed by atoms with Crippen LogP contribution >= 0.6 is 11.6 Å². The Morgan fingerprint density at radius 2 is 2.03 bits per heavy atom. The number of halogens is 1. The molecule has 0 atom stereocenters. The molecule has 4 heterocycles. The van der Waals surface area contributed by atoms with Gasteiger partial charge in [-0.1, -0.05) is 17.7 Å². The van der Waals surface area contributed by atoms with Crippen LogP contribution in [0, 0.1) is 0 Å². The number of carbonyl (C=O) groups is 3. The van der Waals surface area contributed by atoms with Crippen molar-refractivity contribution in [1.29, 1.82) is 0 Å². The van der Waals surface area contributed by atoms with Crippen LogP contribution in [-0.4, -0.2) is 63.8 Å². The number of rotatable bonds is 5. The van der Waals surface area contributed by atoms with Crippen LogP contribution in [-0.2, 0) is 9.53 Å². The van der Waals surface area contributed by atoms with Crippen molar-refractivity contribution in [2.45, 2.75) is 18.9 Å². The van der Waals surface area contributed by atoms with Crippen LogP contribution in [0.3, 0.4) is 0 Å². The van der Waals surface area contributed by atoms with Crippen LogP contribution in [0.15, 0.2) is 42.2 Å². The van der Waals surface area contributed by atoms with Crippen LogP contribution in [0.5, 0.6) is 0 Å². The summed E-state index contributed by atoms with van der Waals surface area (Å²) in [5.74, 6) is 0.674. The molecule has 2 aromatic heterocycles. The van der Waals surface area contributed by atoms with E-state index in [1.54, 1.807) is 27.7 Å². The molecule has 13 heteroatoms. The summed E-state index contributed by atoms with van der Waals surface area (Å²) in [6.07, 6.45) is 4.21. The highest BCUT2D eigenvalue weighted by Gasteiger charge is 2.26. The maximum Gasteiger partial charge on any atom is 0.409 e. The van der Waals surface area contributed by atoms with Gasteiger partial charge in [0.05, 0.1) is 13.3 Å². The molecule has 5 rings (SSSR count). The lowest BCUT2D eigenvalue weighted by molar-refractivity contribution is -0.115. The minimum Gasteiger partial charge on any atom is -0.453 e. The molecule has 12 nitrogen and oxygen atoms in total. The van der Waals surface area contributed by atoms with Crippen LogP contribution in [0.2, 0.25) is 5.02 Å². The van der Waals surface area contributed by atoms with Crippen LogP contribution < -0.4 is 21.3 Å². The fourth-order valence-corrected chi connectivity index (χ4v) is 4.34. The molecule has 0 unspecified atom stereocenters. The first-order valence-corrected chi connectivity index (χ1v) is 11.6. The number of hydrogen-bond acceptors (Lipinski definition) is 8. The number of anilines is 3. The van der Waals surface area contributed by atoms with Crippen molar-refractivity contribution in [2.75, 3.05) is 30.8 Å². The zero-order valence-electron chi connectivity index (χ0n) is 19.2. The molecule has 4 N–H and O–H groups in total. The average Bonchev–Trinajstić information content (AvgIpc) is 3.41. The Hall–Kier alpha value is -4.32. The SMILES string of the molecule is COC(=O)N1CCC(Nc2cc(Nc3cccc(Cl)c3)nc3c(C=C4NC(=O)NC4=O)cnn23)CC1. The first kappa shape index (κ1) is 23.4. The lowest BCUT2D eigenvalue weighted by Crippen LogP contribution is -2.42. The van der Waals surface area contributed by atoms with E-state index in [9.17, 15) is 14.4 Å². The molecular weight excluding hydrogens is 488 g/mol. The molecule has 1 aromatic carbocycles. The van der Waals surface area contributed by atoms with Crippen molar-refractivity contribution < 1.29 is 19.1 Å². The molecule has 36 heavy (non-hydrogen) atoms. The quantitative estimate of drug-likeness (QED) is 0.303. The van der Waals surface area contributed by atoms with Crippen LogP contribution in [0.25, 0.3) is 11.7 Å². The minimum atomic E-state index is -0.584. The third kappa shape index (κ3) is 4.89. The number of nitrogens with one attached hydrogen (secondary N) is 4. The first-order valence-electron chi connectivity index (χ1n) is 11.2. The van der Waals surface area contributed by atoms with Gasteiger partial charge in [-0.2, -0.15) is 9.61 Å². The summed E-state index contributed by atoms with van der Waals surface area (Å²) in [5, 5.41) is 16.5. The second kappa shape index (κ2) is 9.74. The molecule has 0 spiro atoms. The second-order valence-electron chi connectivity index (χ2n) is 8.34. The summed E-state index contributed by atoms with van der Waals surface area (Å²) in [7, 11) is 1.38. The van der Waals surface area contributed by atoms with Gasteiger partial charge in [-0.05, 0) is 37.1 Å². The van der Waals surface area contributed by atoms with Gasteiger partial charge >= 0.3 is 12.1 Å². The molecule has 0 aliphatic carbocycles. The van der Waals surface area contributed by atoms with E-state index in [0.717, 1.165) is 18.5 Å². The first-order chi connectivity index (χ1) is 17.4. The van der Waals surface area contributed by atoms with Gasteiger partial charge in [0.2, 0.25) is 0 Å². The minimum absolute atomic E-state index is 0.0847. The topological polar surface area (TPSA) is 142 Å². The zero-order valence-corrected chi connectivity index (χ0v) is 20.0. The van der Waals surface area contributed by atoms with Crippen molar-refractivity contribution in [3.05, 3.63) is 52.8 Å². The normalized spacial score (nSPS) is 17.3. The number of likely N-dealkylation sites (tertiary alicyclic amines) is 1. The lowest BCUT2D eigenvalue weighted by Gasteiger charge is -2.31. The van der Waals surface area contributed by atoms with Crippen molar-refractivity contribution in [3.8, 4) is 0 Å². The Bertz CT molecular complexity index is 1380. The number of ether oxygens (including phenoxy) is 1. The Labute approximate surface area is 210 Å². The third-order valence-electron chi connectivity index (χ3n) is 5.90. The molecule has 4 amide bonds. The van der Waals surface area contributed by atoms with E-state index in [2.05, 4.69) is 26.4 Å². The Morgan fingerprint density at radius 1 is 1.22 bits per heavy atom. The van der Waals surface area contributed by atoms with Crippen molar-refractivity contribution >= 4 is 58.7 Å². The Balaban J connectivity index is 1.48. The average molecular weight is 511 g/mol. The van der Waals surface area contributed by atoms with E-state index >= 15 is 0 Å². The van der Waals surface area contributed by atoms with E-state index in [0.29, 0.717) is 41.0 Å². The predicted molar refractivity (Wildman–Crippen MR) is 133 cm³/mol. The Morgan fingerprint density at radius 3 is 2.72 bits per heavy atom. The third-order valence-corrected chi connectivity index (χ3v) is 6.13. The molecule has 2 aliphatic rings. The molecule has 186 valence electrons. The molecule has 0 bridgehead atoms. The molecule has 2 aliphatic heterocycles. The summed E-state index contributed by atoms with van der Waals surface area (Å²) in [5.41, 5.74) is 1.87. The van der Waals surface area contributed by atoms with E-state index in [1.807, 2.05) is 18.2 Å². The summed E-state index contributed by atoms with van der Waals surface area (Å²) in [6, 6.07) is 8.58. The number of amides is 4. The van der Waals surface area contributed by atoms with Gasteiger partial charge in [-0.25, -0.2) is 14.6 Å². The summed E-state index contributed by atoms with van der Waals surface area (Å²) in [4.78, 5) is 41.7. The fourth-order valence-electron chi connectivity index (χ4n) is 4.15. The Kier molecular flexibility index (Phi) is 6.34. The maximum absolute atomic E-state index is 12.0. The number of urea groups is 1. The number of fused-ring (bicyclic) bond motifs is 1. The maximum atomic E-state index is 12.0. The molecular formula is C23H23ClN8O4. The molecule has 2 fully saturated rings. The van der Waals surface area contributed by atoms with Crippen LogP contribution in [0.4, 0.5) is 26.9 Å². The van der Waals surface area contributed by atoms with Gasteiger partial charge in [0.25, 0.3) is 5.91 Å². The van der Waals surface area contributed by atoms with Crippen molar-refractivity contribution in [2.24, 2.45) is 0 Å². The fraction of sp³-hybridized carbons (Fsp3) is 0.261. The predicted octanol–water partition coefficient (Wildman–Crippen LogP) is 2.95. The molecule has 0 radical (unpaired) electrons. The van der Waals surface area contributed by atoms with Crippen molar-refractivity contribution in [3.63, 3.8) is 0 Å². The number of benzene rings is 1. The summed E-state index contributed by atoms with van der Waals surface area (Å²) < 4.78 is 6.46. The van der Waals surface area contributed by atoms with Gasteiger partial charge in [0.1, 0.15) is 17.3 Å². The van der Waals surface area contributed by atoms with Gasteiger partial charge in [0, 0.05) is 41.5 Å². The smallest absolute Gasteiger partial charge is 0.409 e. The lowest BCUT2D eigenvalue weighted by atomic mass is 10.1. The molecule has 0 saturated carbocycles. The van der Waals surface area contributed by atoms with Crippen molar-refractivity contribution in [1.82, 2.24) is 30.1 Å². The summed E-state index contributed by atoms with van der Waals surface area (Å²) >= 11 is 6.14. The number of hydrogen-bond donors (Lipinski definition) is 4. The van der Waals surface area contributed by atoms with Gasteiger partial charge in [-0.3, -0.25) is 10.1 Å². The van der Waals surface area contributed by atoms with E-state index in [1.165, 1.54) is 13.2 Å². The number of piperidine rings is 1. The van der Waals surface area contributed by atoms with Crippen LogP contribution in [0.1, 0.15) is 18.4 Å². The zero-order chi connectivity index (χ0) is 25.2. The highest BCUT2D eigenvalue weighted by molar-refractivity contribution is 6.30. The number of imide groups is 1. The monoisotopic (exact) mass is 510 g/mol. The molecule has 3 aromatic rings. The van der Waals surface area contributed by atoms with E-state index < -0.39 is 11.9 Å². The van der Waals surface area contributed by atoms with Gasteiger partial charge in [0.15, 0.2) is 5.65 Å². The standard InChI is InChI=1S/C23H23ClN8O4/c1-36-23(35)31-7-5-15(6-8-31)27-19-11-18(26-16-4-2-3-14(24)10-16)29-20-13(12-25-32(19)20)9-17-21(33)30-22(34)28-17/h2-4,9-12,15,27H,5-8H2,1H3,(H,26,29)(H2,28,30,33,34). The van der Waals surface area contributed by atoms with Gasteiger partial charge < -0.3 is 25.6 Å². The number of nitrogens with zero attached hydrogens (tertiary/aromatic N) is 4.